The maximum atomic E-state index is 12.0. The lowest BCUT2D eigenvalue weighted by Crippen LogP contribution is -2.01. The van der Waals surface area contributed by atoms with Crippen LogP contribution in [0.2, 0.25) is 0 Å². The fourth-order valence-electron chi connectivity index (χ4n) is 1.97. The summed E-state index contributed by atoms with van der Waals surface area (Å²) in [6.45, 7) is 6.05. The highest BCUT2D eigenvalue weighted by molar-refractivity contribution is 7.99. The first-order valence-corrected chi connectivity index (χ1v) is 8.09. The van der Waals surface area contributed by atoms with Crippen molar-refractivity contribution >= 4 is 17.5 Å². The average Bonchev–Trinajstić information content (AvgIpc) is 2.49. The molecule has 0 spiro atoms. The second-order valence-corrected chi connectivity index (χ2v) is 6.11. The first-order chi connectivity index (χ1) is 10.1. The third kappa shape index (κ3) is 4.39. The summed E-state index contributed by atoms with van der Waals surface area (Å²) < 4.78 is 0. The number of nitrogens with zero attached hydrogens (tertiary/aromatic N) is 2. The van der Waals surface area contributed by atoms with Gasteiger partial charge in [-0.25, -0.2) is 9.97 Å². The van der Waals surface area contributed by atoms with Crippen molar-refractivity contribution in [2.75, 3.05) is 5.75 Å². The molecule has 0 radical (unpaired) electrons. The number of hydrogen-bond acceptors (Lipinski definition) is 4. The molecule has 21 heavy (non-hydrogen) atoms. The molecule has 4 heteroatoms. The molecule has 0 saturated carbocycles. The molecule has 3 nitrogen and oxygen atoms in total. The molecule has 0 fully saturated rings. The van der Waals surface area contributed by atoms with Crippen molar-refractivity contribution in [3.8, 4) is 0 Å². The molecule has 1 aromatic carbocycles. The van der Waals surface area contributed by atoms with Crippen LogP contribution in [0.15, 0.2) is 35.5 Å². The van der Waals surface area contributed by atoms with Crippen LogP contribution in [0.5, 0.6) is 0 Å². The van der Waals surface area contributed by atoms with E-state index in [-0.39, 0.29) is 5.78 Å². The van der Waals surface area contributed by atoms with Crippen molar-refractivity contribution in [1.82, 2.24) is 9.97 Å². The molecule has 1 aromatic heterocycles. The van der Waals surface area contributed by atoms with Crippen molar-refractivity contribution in [2.45, 2.75) is 38.8 Å². The van der Waals surface area contributed by atoms with E-state index in [1.807, 2.05) is 51.1 Å². The van der Waals surface area contributed by atoms with Crippen LogP contribution in [0, 0.1) is 20.8 Å². The van der Waals surface area contributed by atoms with Gasteiger partial charge in [-0.05, 0) is 32.8 Å². The SMILES string of the molecule is Cc1nc(SCCCC(=O)c2ccccc2)nc(C)c1C. The van der Waals surface area contributed by atoms with Crippen LogP contribution in [-0.4, -0.2) is 21.5 Å². The Hall–Kier alpha value is -1.68. The fraction of sp³-hybridized carbons (Fsp3) is 0.353. The Bertz CT molecular complexity index is 603. The third-order valence-corrected chi connectivity index (χ3v) is 4.42. The molecular weight excluding hydrogens is 280 g/mol. The number of carbonyl (C=O) groups excluding carboxylic acids is 1. The number of rotatable bonds is 6. The molecule has 0 atom stereocenters. The number of aryl methyl sites for hydroxylation is 2. The quantitative estimate of drug-likeness (QED) is 0.348. The van der Waals surface area contributed by atoms with Gasteiger partial charge in [0.2, 0.25) is 0 Å². The average molecular weight is 300 g/mol. The summed E-state index contributed by atoms with van der Waals surface area (Å²) >= 11 is 1.62. The van der Waals surface area contributed by atoms with Gasteiger partial charge in [-0.15, -0.1) is 0 Å². The second kappa shape index (κ2) is 7.36. The van der Waals surface area contributed by atoms with Gasteiger partial charge in [-0.1, -0.05) is 42.1 Å². The number of benzene rings is 1. The maximum Gasteiger partial charge on any atom is 0.187 e. The van der Waals surface area contributed by atoms with E-state index in [4.69, 9.17) is 0 Å². The summed E-state index contributed by atoms with van der Waals surface area (Å²) in [5.74, 6) is 1.06. The van der Waals surface area contributed by atoms with E-state index in [0.29, 0.717) is 6.42 Å². The van der Waals surface area contributed by atoms with E-state index in [1.165, 1.54) is 0 Å². The molecular formula is C17H20N2OS. The van der Waals surface area contributed by atoms with Crippen LogP contribution < -0.4 is 0 Å². The van der Waals surface area contributed by atoms with Crippen LogP contribution in [0.4, 0.5) is 0 Å². The maximum absolute atomic E-state index is 12.0. The summed E-state index contributed by atoms with van der Waals surface area (Å²) in [4.78, 5) is 20.9. The molecule has 0 amide bonds. The van der Waals surface area contributed by atoms with Crippen molar-refractivity contribution < 1.29 is 4.79 Å². The molecule has 0 aliphatic rings. The van der Waals surface area contributed by atoms with Gasteiger partial charge >= 0.3 is 0 Å². The number of carbonyl (C=O) groups is 1. The lowest BCUT2D eigenvalue weighted by molar-refractivity contribution is 0.0982. The van der Waals surface area contributed by atoms with Crippen LogP contribution >= 0.6 is 11.8 Å². The fourth-order valence-corrected chi connectivity index (χ4v) is 2.84. The van der Waals surface area contributed by atoms with Gasteiger partial charge in [-0.2, -0.15) is 0 Å². The minimum absolute atomic E-state index is 0.202. The van der Waals surface area contributed by atoms with Gasteiger partial charge in [0.25, 0.3) is 0 Å². The molecule has 0 bridgehead atoms. The molecule has 0 aliphatic carbocycles. The molecule has 0 N–H and O–H groups in total. The molecule has 110 valence electrons. The van der Waals surface area contributed by atoms with Crippen molar-refractivity contribution in [3.05, 3.63) is 52.8 Å². The Kier molecular flexibility index (Phi) is 5.51. The van der Waals surface area contributed by atoms with Crippen LogP contribution in [0.3, 0.4) is 0 Å². The van der Waals surface area contributed by atoms with Crippen LogP contribution in [0.25, 0.3) is 0 Å². The topological polar surface area (TPSA) is 42.9 Å². The normalized spacial score (nSPS) is 10.6. The Morgan fingerprint density at radius 2 is 1.67 bits per heavy atom. The Morgan fingerprint density at radius 1 is 1.05 bits per heavy atom. The molecule has 1 heterocycles. The van der Waals surface area contributed by atoms with Crippen LogP contribution in [-0.2, 0) is 0 Å². The Morgan fingerprint density at radius 3 is 2.29 bits per heavy atom. The summed E-state index contributed by atoms with van der Waals surface area (Å²) in [7, 11) is 0. The summed E-state index contributed by atoms with van der Waals surface area (Å²) in [6.07, 6.45) is 1.41. The Balaban J connectivity index is 1.81. The first kappa shape index (κ1) is 15.7. The Labute approximate surface area is 130 Å². The largest absolute Gasteiger partial charge is 0.294 e. The smallest absolute Gasteiger partial charge is 0.187 e. The van der Waals surface area contributed by atoms with Gasteiger partial charge in [0.15, 0.2) is 10.9 Å². The number of thioether (sulfide) groups is 1. The lowest BCUT2D eigenvalue weighted by atomic mass is 10.1. The highest BCUT2D eigenvalue weighted by atomic mass is 32.2. The molecule has 0 unspecified atom stereocenters. The van der Waals surface area contributed by atoms with Gasteiger partial charge in [0, 0.05) is 29.1 Å². The third-order valence-electron chi connectivity index (χ3n) is 3.49. The highest BCUT2D eigenvalue weighted by Crippen LogP contribution is 2.18. The van der Waals surface area contributed by atoms with Gasteiger partial charge in [0.1, 0.15) is 0 Å². The highest BCUT2D eigenvalue weighted by Gasteiger charge is 2.07. The zero-order valence-corrected chi connectivity index (χ0v) is 13.5. The first-order valence-electron chi connectivity index (χ1n) is 7.11. The molecule has 0 aliphatic heterocycles. The van der Waals surface area contributed by atoms with Gasteiger partial charge in [-0.3, -0.25) is 4.79 Å². The van der Waals surface area contributed by atoms with E-state index < -0.39 is 0 Å². The summed E-state index contributed by atoms with van der Waals surface area (Å²) in [5, 5.41) is 0.808. The second-order valence-electron chi connectivity index (χ2n) is 5.04. The van der Waals surface area contributed by atoms with E-state index in [9.17, 15) is 4.79 Å². The van der Waals surface area contributed by atoms with Gasteiger partial charge in [0.05, 0.1) is 0 Å². The zero-order chi connectivity index (χ0) is 15.2. The van der Waals surface area contributed by atoms with Crippen molar-refractivity contribution in [3.63, 3.8) is 0 Å². The summed E-state index contributed by atoms with van der Waals surface area (Å²) in [5.41, 5.74) is 4.01. The predicted molar refractivity (Wildman–Crippen MR) is 87.0 cm³/mol. The minimum Gasteiger partial charge on any atom is -0.294 e. The van der Waals surface area contributed by atoms with E-state index in [1.54, 1.807) is 11.8 Å². The standard InChI is InChI=1S/C17H20N2OS/c1-12-13(2)18-17(19-14(12)3)21-11-7-10-16(20)15-8-5-4-6-9-15/h4-6,8-9H,7,10-11H2,1-3H3. The lowest BCUT2D eigenvalue weighted by Gasteiger charge is -2.06. The van der Waals surface area contributed by atoms with Gasteiger partial charge < -0.3 is 0 Å². The zero-order valence-electron chi connectivity index (χ0n) is 12.7. The minimum atomic E-state index is 0.202. The number of aromatic nitrogens is 2. The molecule has 2 aromatic rings. The van der Waals surface area contributed by atoms with E-state index >= 15 is 0 Å². The summed E-state index contributed by atoms with van der Waals surface area (Å²) in [6, 6.07) is 9.45. The molecule has 2 rings (SSSR count). The van der Waals surface area contributed by atoms with Crippen molar-refractivity contribution in [2.24, 2.45) is 0 Å². The molecule has 0 saturated heterocycles. The van der Waals surface area contributed by atoms with E-state index in [2.05, 4.69) is 9.97 Å². The van der Waals surface area contributed by atoms with Crippen LogP contribution in [0.1, 0.15) is 40.2 Å². The predicted octanol–water partition coefficient (Wildman–Crippen LogP) is 4.16. The number of ketones is 1. The van der Waals surface area contributed by atoms with E-state index in [0.717, 1.165) is 39.8 Å². The monoisotopic (exact) mass is 300 g/mol. The number of Topliss-reactive ketones (excluding diaryl/α,β-unsaturated/α-hetero) is 1. The van der Waals surface area contributed by atoms with Crippen molar-refractivity contribution in [1.29, 1.82) is 0 Å². The number of hydrogen-bond donors (Lipinski definition) is 0.